The number of carbonyl (C=O) groups is 1. The van der Waals surface area contributed by atoms with Crippen molar-refractivity contribution < 1.29 is 4.79 Å². The lowest BCUT2D eigenvalue weighted by molar-refractivity contribution is -0.124. The van der Waals surface area contributed by atoms with Gasteiger partial charge in [0.1, 0.15) is 6.04 Å². The van der Waals surface area contributed by atoms with Gasteiger partial charge in [0.15, 0.2) is 5.82 Å². The number of amides is 1. The third-order valence-electron chi connectivity index (χ3n) is 2.61. The van der Waals surface area contributed by atoms with Gasteiger partial charge in [-0.2, -0.15) is 10.3 Å². The molecule has 19 heavy (non-hydrogen) atoms. The van der Waals surface area contributed by atoms with Gasteiger partial charge in [0, 0.05) is 19.2 Å². The minimum Gasteiger partial charge on any atom is -0.354 e. The van der Waals surface area contributed by atoms with Crippen LogP contribution in [0.5, 0.6) is 0 Å². The van der Waals surface area contributed by atoms with Gasteiger partial charge in [-0.1, -0.05) is 16.8 Å². The standard InChI is InChI=1S/C10H14ClN7O/c1-7(18-6-8(11)5-13-18)10(19)12-4-2-3-9-14-16-17-15-9/h5-7H,2-4H2,1H3,(H,12,19)(H,14,15,16,17)/t7-/m0/s1. The molecule has 0 aliphatic rings. The predicted molar refractivity (Wildman–Crippen MR) is 67.5 cm³/mol. The van der Waals surface area contributed by atoms with Crippen LogP contribution in [0.25, 0.3) is 0 Å². The lowest BCUT2D eigenvalue weighted by Gasteiger charge is -2.12. The van der Waals surface area contributed by atoms with E-state index in [0.29, 0.717) is 23.8 Å². The molecule has 0 radical (unpaired) electrons. The number of carbonyl (C=O) groups excluding carboxylic acids is 1. The van der Waals surface area contributed by atoms with Crippen LogP contribution in [0.1, 0.15) is 25.2 Å². The van der Waals surface area contributed by atoms with Crippen LogP contribution in [0.2, 0.25) is 5.02 Å². The minimum absolute atomic E-state index is 0.104. The summed E-state index contributed by atoms with van der Waals surface area (Å²) in [4.78, 5) is 11.8. The first-order valence-corrected chi connectivity index (χ1v) is 6.24. The second-order valence-corrected chi connectivity index (χ2v) is 4.47. The fourth-order valence-electron chi connectivity index (χ4n) is 1.54. The van der Waals surface area contributed by atoms with Gasteiger partial charge in [0.2, 0.25) is 5.91 Å². The van der Waals surface area contributed by atoms with Gasteiger partial charge in [-0.3, -0.25) is 9.48 Å². The Balaban J connectivity index is 1.72. The highest BCUT2D eigenvalue weighted by Gasteiger charge is 2.15. The maximum absolute atomic E-state index is 11.8. The van der Waals surface area contributed by atoms with Crippen LogP contribution in [0.15, 0.2) is 12.4 Å². The highest BCUT2D eigenvalue weighted by atomic mass is 35.5. The zero-order valence-corrected chi connectivity index (χ0v) is 11.1. The van der Waals surface area contributed by atoms with E-state index < -0.39 is 6.04 Å². The van der Waals surface area contributed by atoms with Crippen molar-refractivity contribution in [2.75, 3.05) is 6.54 Å². The second-order valence-electron chi connectivity index (χ2n) is 4.04. The number of tetrazole rings is 1. The summed E-state index contributed by atoms with van der Waals surface area (Å²) < 4.78 is 1.52. The van der Waals surface area contributed by atoms with Crippen molar-refractivity contribution in [1.82, 2.24) is 35.7 Å². The zero-order chi connectivity index (χ0) is 13.7. The van der Waals surface area contributed by atoms with Gasteiger partial charge >= 0.3 is 0 Å². The topological polar surface area (TPSA) is 101 Å². The number of hydrogen-bond acceptors (Lipinski definition) is 5. The first kappa shape index (κ1) is 13.5. The molecule has 0 aliphatic heterocycles. The highest BCUT2D eigenvalue weighted by molar-refractivity contribution is 6.30. The van der Waals surface area contributed by atoms with Crippen LogP contribution >= 0.6 is 11.6 Å². The summed E-state index contributed by atoms with van der Waals surface area (Å²) in [5, 5.41) is 20.8. The van der Waals surface area contributed by atoms with E-state index in [9.17, 15) is 4.79 Å². The molecule has 2 aromatic heterocycles. The Bertz CT molecular complexity index is 524. The van der Waals surface area contributed by atoms with Gasteiger partial charge in [0.25, 0.3) is 0 Å². The number of hydrogen-bond donors (Lipinski definition) is 2. The fourth-order valence-corrected chi connectivity index (χ4v) is 1.68. The van der Waals surface area contributed by atoms with Crippen molar-refractivity contribution in [2.45, 2.75) is 25.8 Å². The normalized spacial score (nSPS) is 12.3. The van der Waals surface area contributed by atoms with Crippen LogP contribution in [-0.2, 0) is 11.2 Å². The summed E-state index contributed by atoms with van der Waals surface area (Å²) in [6, 6.07) is -0.391. The number of rotatable bonds is 6. The first-order chi connectivity index (χ1) is 9.16. The quantitative estimate of drug-likeness (QED) is 0.745. The first-order valence-electron chi connectivity index (χ1n) is 5.86. The number of nitrogens with zero attached hydrogens (tertiary/aromatic N) is 5. The van der Waals surface area contributed by atoms with Crippen LogP contribution in [0.4, 0.5) is 0 Å². The van der Waals surface area contributed by atoms with E-state index in [1.807, 2.05) is 0 Å². The lowest BCUT2D eigenvalue weighted by atomic mass is 10.2. The summed E-state index contributed by atoms with van der Waals surface area (Å²) in [5.41, 5.74) is 0. The maximum atomic E-state index is 11.8. The number of H-pyrrole nitrogens is 1. The average Bonchev–Trinajstić information content (AvgIpc) is 3.04. The van der Waals surface area contributed by atoms with Crippen molar-refractivity contribution in [3.63, 3.8) is 0 Å². The Morgan fingerprint density at radius 2 is 2.47 bits per heavy atom. The molecular weight excluding hydrogens is 270 g/mol. The van der Waals surface area contributed by atoms with Crippen LogP contribution in [0, 0.1) is 0 Å². The summed E-state index contributed by atoms with van der Waals surface area (Å²) in [7, 11) is 0. The molecule has 8 nitrogen and oxygen atoms in total. The average molecular weight is 284 g/mol. The molecule has 0 fully saturated rings. The third-order valence-corrected chi connectivity index (χ3v) is 2.81. The van der Waals surface area contributed by atoms with Gasteiger partial charge in [-0.05, 0) is 13.3 Å². The van der Waals surface area contributed by atoms with Crippen molar-refractivity contribution in [3.8, 4) is 0 Å². The molecule has 0 bridgehead atoms. The Morgan fingerprint density at radius 3 is 3.11 bits per heavy atom. The Morgan fingerprint density at radius 1 is 1.63 bits per heavy atom. The molecule has 2 aromatic rings. The number of halogens is 1. The molecule has 0 saturated heterocycles. The second kappa shape index (κ2) is 6.28. The molecule has 2 heterocycles. The summed E-state index contributed by atoms with van der Waals surface area (Å²) in [6.45, 7) is 2.31. The van der Waals surface area contributed by atoms with E-state index in [-0.39, 0.29) is 5.91 Å². The van der Waals surface area contributed by atoms with Crippen molar-refractivity contribution in [2.24, 2.45) is 0 Å². The molecular formula is C10H14ClN7O. The van der Waals surface area contributed by atoms with Crippen LogP contribution in [0.3, 0.4) is 0 Å². The predicted octanol–water partition coefficient (Wildman–Crippen LogP) is 0.360. The molecule has 0 unspecified atom stereocenters. The molecule has 2 rings (SSSR count). The molecule has 0 saturated carbocycles. The number of aryl methyl sites for hydroxylation is 1. The summed E-state index contributed by atoms with van der Waals surface area (Å²) in [5.74, 6) is 0.536. The Hall–Kier alpha value is -1.96. The molecule has 0 spiro atoms. The number of nitrogens with one attached hydrogen (secondary N) is 2. The van der Waals surface area contributed by atoms with Gasteiger partial charge in [0.05, 0.1) is 11.2 Å². The minimum atomic E-state index is -0.391. The van der Waals surface area contributed by atoms with E-state index >= 15 is 0 Å². The number of aromatic nitrogens is 6. The number of aromatic amines is 1. The largest absolute Gasteiger partial charge is 0.354 e. The molecule has 2 N–H and O–H groups in total. The van der Waals surface area contributed by atoms with Gasteiger partial charge < -0.3 is 5.32 Å². The molecule has 0 aromatic carbocycles. The molecule has 9 heteroatoms. The maximum Gasteiger partial charge on any atom is 0.244 e. The Labute approximate surface area is 114 Å². The third kappa shape index (κ3) is 3.75. The van der Waals surface area contributed by atoms with E-state index in [2.05, 4.69) is 31.0 Å². The SMILES string of the molecule is C[C@@H](C(=O)NCCCc1nn[nH]n1)n1cc(Cl)cn1. The van der Waals surface area contributed by atoms with E-state index in [0.717, 1.165) is 6.42 Å². The van der Waals surface area contributed by atoms with Gasteiger partial charge in [-0.25, -0.2) is 0 Å². The monoisotopic (exact) mass is 283 g/mol. The fraction of sp³-hybridized carbons (Fsp3) is 0.500. The van der Waals surface area contributed by atoms with Crippen molar-refractivity contribution in [3.05, 3.63) is 23.2 Å². The lowest BCUT2D eigenvalue weighted by Crippen LogP contribution is -2.32. The molecule has 1 amide bonds. The van der Waals surface area contributed by atoms with E-state index in [1.54, 1.807) is 13.1 Å². The van der Waals surface area contributed by atoms with E-state index in [4.69, 9.17) is 11.6 Å². The smallest absolute Gasteiger partial charge is 0.244 e. The van der Waals surface area contributed by atoms with Gasteiger partial charge in [-0.15, -0.1) is 10.2 Å². The summed E-state index contributed by atoms with van der Waals surface area (Å²) >= 11 is 5.76. The van der Waals surface area contributed by atoms with Crippen molar-refractivity contribution in [1.29, 1.82) is 0 Å². The molecule has 0 aliphatic carbocycles. The zero-order valence-electron chi connectivity index (χ0n) is 10.4. The molecule has 1 atom stereocenters. The highest BCUT2D eigenvalue weighted by Crippen LogP contribution is 2.10. The molecule has 102 valence electrons. The van der Waals surface area contributed by atoms with Crippen LogP contribution < -0.4 is 5.32 Å². The Kier molecular flexibility index (Phi) is 4.45. The summed E-state index contributed by atoms with van der Waals surface area (Å²) in [6.07, 6.45) is 4.53. The van der Waals surface area contributed by atoms with Crippen molar-refractivity contribution >= 4 is 17.5 Å². The van der Waals surface area contributed by atoms with E-state index in [1.165, 1.54) is 10.9 Å². The van der Waals surface area contributed by atoms with Crippen LogP contribution in [-0.4, -0.2) is 42.9 Å².